The molecule has 0 bridgehead atoms. The zero-order valence-corrected chi connectivity index (χ0v) is 12.3. The molecule has 110 valence electrons. The Morgan fingerprint density at radius 3 is 2.55 bits per heavy atom. The number of hydrogen-bond donors (Lipinski definition) is 0. The Hall–Kier alpha value is -1.95. The van der Waals surface area contributed by atoms with Gasteiger partial charge in [0, 0.05) is 31.3 Å². The van der Waals surface area contributed by atoms with Crippen LogP contribution >= 0.6 is 0 Å². The van der Waals surface area contributed by atoms with E-state index in [0.29, 0.717) is 24.4 Å². The number of nitrogens with zero attached hydrogens (tertiary/aromatic N) is 2. The first kappa shape index (κ1) is 16.1. The van der Waals surface area contributed by atoms with Crippen LogP contribution in [0.2, 0.25) is 0 Å². The Morgan fingerprint density at radius 2 is 2.10 bits per heavy atom. The van der Waals surface area contributed by atoms with Crippen LogP contribution in [0.25, 0.3) is 0 Å². The molecule has 0 saturated heterocycles. The van der Waals surface area contributed by atoms with E-state index in [4.69, 9.17) is 4.74 Å². The van der Waals surface area contributed by atoms with Crippen LogP contribution in [0.4, 0.5) is 11.4 Å². The molecule has 0 amide bonds. The fraction of sp³-hybridized carbons (Fsp3) is 0.500. The Morgan fingerprint density at radius 1 is 1.45 bits per heavy atom. The predicted octanol–water partition coefficient (Wildman–Crippen LogP) is 2.66. The van der Waals surface area contributed by atoms with E-state index in [1.54, 1.807) is 19.2 Å². The lowest BCUT2D eigenvalue weighted by molar-refractivity contribution is -0.384. The van der Waals surface area contributed by atoms with Gasteiger partial charge in [-0.3, -0.25) is 14.9 Å². The van der Waals surface area contributed by atoms with Gasteiger partial charge in [0.2, 0.25) is 0 Å². The van der Waals surface area contributed by atoms with Gasteiger partial charge in [0.15, 0.2) is 5.78 Å². The molecule has 1 rings (SSSR count). The molecule has 0 atom stereocenters. The molecule has 20 heavy (non-hydrogen) atoms. The zero-order valence-electron chi connectivity index (χ0n) is 12.3. The lowest BCUT2D eigenvalue weighted by atomic mass is 10.1. The van der Waals surface area contributed by atoms with Crippen LogP contribution in [0.1, 0.15) is 31.1 Å². The molecule has 0 aliphatic heterocycles. The number of benzene rings is 1. The van der Waals surface area contributed by atoms with E-state index >= 15 is 0 Å². The van der Waals surface area contributed by atoms with E-state index < -0.39 is 4.92 Å². The van der Waals surface area contributed by atoms with E-state index in [2.05, 4.69) is 0 Å². The molecule has 0 N–H and O–H groups in total. The third kappa shape index (κ3) is 3.77. The maximum absolute atomic E-state index is 11.4. The second kappa shape index (κ2) is 7.00. The first-order valence-electron chi connectivity index (χ1n) is 6.43. The number of rotatable bonds is 7. The largest absolute Gasteiger partial charge is 0.383 e. The lowest BCUT2D eigenvalue weighted by Gasteiger charge is -2.28. The summed E-state index contributed by atoms with van der Waals surface area (Å²) in [7, 11) is 1.59. The van der Waals surface area contributed by atoms with Crippen molar-refractivity contribution in [1.82, 2.24) is 0 Å². The van der Waals surface area contributed by atoms with Crippen LogP contribution in [0.15, 0.2) is 18.2 Å². The number of Topliss-reactive ketones (excluding diaryl/α,β-unsaturated/α-hetero) is 1. The van der Waals surface area contributed by atoms with Gasteiger partial charge in [0.05, 0.1) is 11.5 Å². The molecule has 0 radical (unpaired) electrons. The first-order valence-corrected chi connectivity index (χ1v) is 6.43. The molecular formula is C14H20N2O4. The third-order valence-corrected chi connectivity index (χ3v) is 3.05. The predicted molar refractivity (Wildman–Crippen MR) is 77.5 cm³/mol. The van der Waals surface area contributed by atoms with Gasteiger partial charge in [-0.25, -0.2) is 0 Å². The number of nitro groups is 1. The van der Waals surface area contributed by atoms with Crippen LogP contribution in [0.3, 0.4) is 0 Å². The van der Waals surface area contributed by atoms with Gasteiger partial charge in [0.25, 0.3) is 5.69 Å². The van der Waals surface area contributed by atoms with Crippen molar-refractivity contribution in [1.29, 1.82) is 0 Å². The van der Waals surface area contributed by atoms with Crippen LogP contribution < -0.4 is 4.90 Å². The van der Waals surface area contributed by atoms with Crippen LogP contribution in [-0.2, 0) is 4.74 Å². The topological polar surface area (TPSA) is 72.7 Å². The molecule has 0 spiro atoms. The molecule has 0 heterocycles. The summed E-state index contributed by atoms with van der Waals surface area (Å²) >= 11 is 0. The minimum Gasteiger partial charge on any atom is -0.383 e. The molecule has 6 nitrogen and oxygen atoms in total. The van der Waals surface area contributed by atoms with Crippen molar-refractivity contribution in [2.24, 2.45) is 0 Å². The van der Waals surface area contributed by atoms with Gasteiger partial charge >= 0.3 is 0 Å². The molecule has 0 saturated carbocycles. The molecular weight excluding hydrogens is 260 g/mol. The number of ether oxygens (including phenoxy) is 1. The fourth-order valence-corrected chi connectivity index (χ4v) is 1.98. The van der Waals surface area contributed by atoms with Crippen molar-refractivity contribution < 1.29 is 14.5 Å². The summed E-state index contributed by atoms with van der Waals surface area (Å²) in [4.78, 5) is 24.0. The summed E-state index contributed by atoms with van der Waals surface area (Å²) in [6, 6.07) is 4.67. The van der Waals surface area contributed by atoms with Gasteiger partial charge in [0.1, 0.15) is 5.69 Å². The van der Waals surface area contributed by atoms with E-state index in [-0.39, 0.29) is 17.5 Å². The molecule has 0 aliphatic rings. The van der Waals surface area contributed by atoms with Gasteiger partial charge < -0.3 is 9.64 Å². The van der Waals surface area contributed by atoms with Crippen molar-refractivity contribution in [2.75, 3.05) is 25.2 Å². The molecule has 0 aromatic heterocycles. The van der Waals surface area contributed by atoms with Gasteiger partial charge in [-0.1, -0.05) is 0 Å². The Kier molecular flexibility index (Phi) is 5.64. The average Bonchev–Trinajstić information content (AvgIpc) is 2.38. The molecule has 0 fully saturated rings. The maximum atomic E-state index is 11.4. The van der Waals surface area contributed by atoms with Gasteiger partial charge in [-0.15, -0.1) is 0 Å². The number of carbonyl (C=O) groups is 1. The van der Waals surface area contributed by atoms with Crippen LogP contribution in [-0.4, -0.2) is 37.0 Å². The first-order chi connectivity index (χ1) is 9.38. The fourth-order valence-electron chi connectivity index (χ4n) is 1.98. The SMILES string of the molecule is COCCN(c1ccc(C(C)=O)cc1[N+](=O)[O-])C(C)C. The number of ketones is 1. The zero-order chi connectivity index (χ0) is 15.3. The van der Waals surface area contributed by atoms with E-state index in [1.807, 2.05) is 18.7 Å². The lowest BCUT2D eigenvalue weighted by Crippen LogP contribution is -2.34. The van der Waals surface area contributed by atoms with E-state index in [1.165, 1.54) is 13.0 Å². The molecule has 0 unspecified atom stereocenters. The quantitative estimate of drug-likeness (QED) is 0.436. The summed E-state index contributed by atoms with van der Waals surface area (Å²) in [5, 5.41) is 11.2. The highest BCUT2D eigenvalue weighted by molar-refractivity contribution is 5.95. The summed E-state index contributed by atoms with van der Waals surface area (Å²) in [5.74, 6) is -0.187. The van der Waals surface area contributed by atoms with Crippen molar-refractivity contribution in [3.63, 3.8) is 0 Å². The van der Waals surface area contributed by atoms with E-state index in [0.717, 1.165) is 0 Å². The molecule has 1 aromatic rings. The summed E-state index contributed by atoms with van der Waals surface area (Å²) < 4.78 is 5.04. The molecule has 1 aromatic carbocycles. The second-order valence-corrected chi connectivity index (χ2v) is 4.80. The maximum Gasteiger partial charge on any atom is 0.293 e. The minimum atomic E-state index is -0.454. The Bertz CT molecular complexity index is 500. The van der Waals surface area contributed by atoms with Crippen molar-refractivity contribution in [3.05, 3.63) is 33.9 Å². The van der Waals surface area contributed by atoms with Crippen molar-refractivity contribution in [3.8, 4) is 0 Å². The minimum absolute atomic E-state index is 0.0532. The Labute approximate surface area is 118 Å². The number of hydrogen-bond acceptors (Lipinski definition) is 5. The molecule has 6 heteroatoms. The second-order valence-electron chi connectivity index (χ2n) is 4.80. The number of methoxy groups -OCH3 is 1. The van der Waals surface area contributed by atoms with Crippen LogP contribution in [0, 0.1) is 10.1 Å². The van der Waals surface area contributed by atoms with Gasteiger partial charge in [-0.05, 0) is 32.9 Å². The van der Waals surface area contributed by atoms with Gasteiger partial charge in [-0.2, -0.15) is 0 Å². The summed E-state index contributed by atoms with van der Waals surface area (Å²) in [6.45, 7) is 6.33. The highest BCUT2D eigenvalue weighted by Crippen LogP contribution is 2.30. The van der Waals surface area contributed by atoms with Crippen LogP contribution in [0.5, 0.6) is 0 Å². The molecule has 0 aliphatic carbocycles. The number of anilines is 1. The number of nitro benzene ring substituents is 1. The Balaban J connectivity index is 3.26. The van der Waals surface area contributed by atoms with Crippen molar-refractivity contribution >= 4 is 17.2 Å². The summed E-state index contributed by atoms with van der Waals surface area (Å²) in [6.07, 6.45) is 0. The monoisotopic (exact) mass is 280 g/mol. The normalized spacial score (nSPS) is 10.7. The number of carbonyl (C=O) groups excluding carboxylic acids is 1. The smallest absolute Gasteiger partial charge is 0.293 e. The highest BCUT2D eigenvalue weighted by Gasteiger charge is 2.22. The third-order valence-electron chi connectivity index (χ3n) is 3.05. The standard InChI is InChI=1S/C14H20N2O4/c1-10(2)15(7-8-20-4)13-6-5-12(11(3)17)9-14(13)16(18)19/h5-6,9-10H,7-8H2,1-4H3. The van der Waals surface area contributed by atoms with E-state index in [9.17, 15) is 14.9 Å². The average molecular weight is 280 g/mol. The highest BCUT2D eigenvalue weighted by atomic mass is 16.6. The summed E-state index contributed by atoms with van der Waals surface area (Å²) in [5.41, 5.74) is 0.797. The van der Waals surface area contributed by atoms with Crippen molar-refractivity contribution in [2.45, 2.75) is 26.8 Å².